The second-order valence-electron chi connectivity index (χ2n) is 4.73. The quantitative estimate of drug-likeness (QED) is 0.842. The van der Waals surface area contributed by atoms with Crippen LogP contribution in [0.1, 0.15) is 30.1 Å². The summed E-state index contributed by atoms with van der Waals surface area (Å²) >= 11 is 0. The molecule has 0 aliphatic heterocycles. The Morgan fingerprint density at radius 2 is 1.82 bits per heavy atom. The number of hydrogen-bond acceptors (Lipinski definition) is 3. The summed E-state index contributed by atoms with van der Waals surface area (Å²) < 4.78 is 0. The van der Waals surface area contributed by atoms with Crippen LogP contribution in [-0.2, 0) is 0 Å². The molecule has 2 N–H and O–H groups in total. The zero-order valence-electron chi connectivity index (χ0n) is 10.1. The van der Waals surface area contributed by atoms with Gasteiger partial charge in [0.15, 0.2) is 0 Å². The summed E-state index contributed by atoms with van der Waals surface area (Å²) in [6.45, 7) is 2.03. The van der Waals surface area contributed by atoms with Gasteiger partial charge in [0.25, 0.3) is 5.91 Å². The zero-order chi connectivity index (χ0) is 12.6. The van der Waals surface area contributed by atoms with Crippen molar-refractivity contribution in [2.75, 3.05) is 7.05 Å². The molecule has 1 amide bonds. The van der Waals surface area contributed by atoms with Gasteiger partial charge in [-0.3, -0.25) is 4.79 Å². The number of carbonyl (C=O) groups excluding carboxylic acids is 1. The Hall–Kier alpha value is -1.71. The molecule has 0 saturated heterocycles. The van der Waals surface area contributed by atoms with E-state index in [1.54, 1.807) is 11.9 Å². The van der Waals surface area contributed by atoms with E-state index in [0.717, 1.165) is 0 Å². The molecule has 4 nitrogen and oxygen atoms in total. The largest absolute Gasteiger partial charge is 0.508 e. The van der Waals surface area contributed by atoms with Crippen LogP contribution >= 0.6 is 0 Å². The van der Waals surface area contributed by atoms with Gasteiger partial charge in [0.1, 0.15) is 11.5 Å². The third kappa shape index (κ3) is 2.52. The molecule has 4 heteroatoms. The van der Waals surface area contributed by atoms with Gasteiger partial charge < -0.3 is 15.1 Å². The molecule has 0 spiro atoms. The van der Waals surface area contributed by atoms with Gasteiger partial charge in [0.05, 0.1) is 0 Å². The third-order valence-electron chi connectivity index (χ3n) is 3.38. The van der Waals surface area contributed by atoms with Crippen molar-refractivity contribution in [3.8, 4) is 11.5 Å². The average Bonchev–Trinajstić information content (AvgIpc) is 3.08. The number of amides is 1. The van der Waals surface area contributed by atoms with Crippen molar-refractivity contribution in [1.29, 1.82) is 0 Å². The average molecular weight is 235 g/mol. The minimum absolute atomic E-state index is 0.0965. The van der Waals surface area contributed by atoms with Crippen molar-refractivity contribution in [3.63, 3.8) is 0 Å². The highest BCUT2D eigenvalue weighted by Crippen LogP contribution is 2.35. The maximum atomic E-state index is 12.1. The molecule has 1 aliphatic rings. The number of aromatic hydroxyl groups is 2. The fraction of sp³-hybridized carbons (Fsp3) is 0.462. The molecule has 1 atom stereocenters. The molecule has 1 aliphatic carbocycles. The minimum Gasteiger partial charge on any atom is -0.508 e. The van der Waals surface area contributed by atoms with Crippen LogP contribution in [0, 0.1) is 5.92 Å². The molecule has 1 unspecified atom stereocenters. The molecule has 1 fully saturated rings. The highest BCUT2D eigenvalue weighted by Gasteiger charge is 2.32. The zero-order valence-corrected chi connectivity index (χ0v) is 10.1. The van der Waals surface area contributed by atoms with E-state index in [-0.39, 0.29) is 23.4 Å². The standard InChI is InChI=1S/C13H17NO3/c1-8(9-3-4-9)14(2)13(17)10-5-11(15)7-12(16)6-10/h5-9,15-16H,3-4H2,1-2H3. The van der Waals surface area contributed by atoms with Crippen LogP contribution in [0.5, 0.6) is 11.5 Å². The SMILES string of the molecule is CC(C1CC1)N(C)C(=O)c1cc(O)cc(O)c1. The van der Waals surface area contributed by atoms with Crippen molar-refractivity contribution in [2.24, 2.45) is 5.92 Å². The van der Waals surface area contributed by atoms with Crippen LogP contribution in [0.3, 0.4) is 0 Å². The fourth-order valence-corrected chi connectivity index (χ4v) is 2.00. The summed E-state index contributed by atoms with van der Waals surface area (Å²) in [6, 6.07) is 4.16. The lowest BCUT2D eigenvalue weighted by molar-refractivity contribution is 0.0726. The van der Waals surface area contributed by atoms with E-state index in [1.165, 1.54) is 31.0 Å². The molecule has 2 rings (SSSR count). The Morgan fingerprint density at radius 1 is 1.29 bits per heavy atom. The van der Waals surface area contributed by atoms with E-state index in [9.17, 15) is 15.0 Å². The van der Waals surface area contributed by atoms with Gasteiger partial charge in [-0.15, -0.1) is 0 Å². The van der Waals surface area contributed by atoms with E-state index in [2.05, 4.69) is 0 Å². The van der Waals surface area contributed by atoms with Crippen LogP contribution < -0.4 is 0 Å². The fourth-order valence-electron chi connectivity index (χ4n) is 2.00. The van der Waals surface area contributed by atoms with E-state index in [4.69, 9.17) is 0 Å². The van der Waals surface area contributed by atoms with Crippen LogP contribution in [0.25, 0.3) is 0 Å². The lowest BCUT2D eigenvalue weighted by Crippen LogP contribution is -2.36. The number of nitrogens with zero attached hydrogens (tertiary/aromatic N) is 1. The summed E-state index contributed by atoms with van der Waals surface area (Å²) in [5, 5.41) is 18.7. The summed E-state index contributed by atoms with van der Waals surface area (Å²) in [6.07, 6.45) is 2.34. The van der Waals surface area contributed by atoms with E-state index in [1.807, 2.05) is 6.92 Å². The predicted molar refractivity (Wildman–Crippen MR) is 64.1 cm³/mol. The molecule has 17 heavy (non-hydrogen) atoms. The number of phenolic OH excluding ortho intramolecular Hbond substituents is 2. The normalized spacial score (nSPS) is 16.6. The van der Waals surface area contributed by atoms with Gasteiger partial charge in [-0.2, -0.15) is 0 Å². The van der Waals surface area contributed by atoms with E-state index < -0.39 is 0 Å². The number of carbonyl (C=O) groups is 1. The van der Waals surface area contributed by atoms with Crippen molar-refractivity contribution >= 4 is 5.91 Å². The molecular formula is C13H17NO3. The summed E-state index contributed by atoms with van der Waals surface area (Å²) in [4.78, 5) is 13.8. The molecule has 0 bridgehead atoms. The van der Waals surface area contributed by atoms with Crippen LogP contribution in [0.15, 0.2) is 18.2 Å². The van der Waals surface area contributed by atoms with E-state index >= 15 is 0 Å². The monoisotopic (exact) mass is 235 g/mol. The highest BCUT2D eigenvalue weighted by atomic mass is 16.3. The first-order chi connectivity index (χ1) is 7.99. The molecule has 1 saturated carbocycles. The van der Waals surface area contributed by atoms with Gasteiger partial charge in [0, 0.05) is 24.7 Å². The van der Waals surface area contributed by atoms with Gasteiger partial charge in [-0.25, -0.2) is 0 Å². The summed E-state index contributed by atoms with van der Waals surface area (Å²) in [5.41, 5.74) is 0.317. The number of rotatable bonds is 3. The Labute approximate surface area is 100 Å². The first kappa shape index (κ1) is 11.8. The third-order valence-corrected chi connectivity index (χ3v) is 3.38. The Kier molecular flexibility index (Phi) is 2.96. The van der Waals surface area contributed by atoms with Crippen molar-refractivity contribution in [2.45, 2.75) is 25.8 Å². The highest BCUT2D eigenvalue weighted by molar-refractivity contribution is 5.95. The molecule has 1 aromatic carbocycles. The summed E-state index contributed by atoms with van der Waals surface area (Å²) in [5.74, 6) is 0.229. The van der Waals surface area contributed by atoms with Gasteiger partial charge >= 0.3 is 0 Å². The number of hydrogen-bond donors (Lipinski definition) is 2. The smallest absolute Gasteiger partial charge is 0.254 e. The second-order valence-corrected chi connectivity index (χ2v) is 4.73. The maximum Gasteiger partial charge on any atom is 0.254 e. The van der Waals surface area contributed by atoms with Crippen LogP contribution in [0.2, 0.25) is 0 Å². The van der Waals surface area contributed by atoms with Crippen molar-refractivity contribution in [1.82, 2.24) is 4.90 Å². The van der Waals surface area contributed by atoms with E-state index in [0.29, 0.717) is 11.5 Å². The lowest BCUT2D eigenvalue weighted by atomic mass is 10.1. The predicted octanol–water partition coefficient (Wildman–Crippen LogP) is 1.97. The number of benzene rings is 1. The van der Waals surface area contributed by atoms with Crippen LogP contribution in [-0.4, -0.2) is 34.1 Å². The first-order valence-electron chi connectivity index (χ1n) is 5.79. The molecule has 92 valence electrons. The minimum atomic E-state index is -0.171. The Morgan fingerprint density at radius 3 is 2.29 bits per heavy atom. The molecule has 0 heterocycles. The van der Waals surface area contributed by atoms with Gasteiger partial charge in [-0.05, 0) is 37.8 Å². The molecule has 0 aromatic heterocycles. The Bertz CT molecular complexity index is 420. The molecule has 0 radical (unpaired) electrons. The van der Waals surface area contributed by atoms with Crippen molar-refractivity contribution < 1.29 is 15.0 Å². The van der Waals surface area contributed by atoms with Gasteiger partial charge in [-0.1, -0.05) is 0 Å². The topological polar surface area (TPSA) is 60.8 Å². The maximum absolute atomic E-state index is 12.1. The molecular weight excluding hydrogens is 218 g/mol. The van der Waals surface area contributed by atoms with Gasteiger partial charge in [0.2, 0.25) is 0 Å². The molecule has 1 aromatic rings. The second kappa shape index (κ2) is 4.28. The lowest BCUT2D eigenvalue weighted by Gasteiger charge is -2.25. The summed E-state index contributed by atoms with van der Waals surface area (Å²) in [7, 11) is 1.76. The number of phenols is 2. The Balaban J connectivity index is 2.17. The van der Waals surface area contributed by atoms with Crippen molar-refractivity contribution in [3.05, 3.63) is 23.8 Å². The van der Waals surface area contributed by atoms with Crippen LogP contribution in [0.4, 0.5) is 0 Å². The first-order valence-corrected chi connectivity index (χ1v) is 5.79.